The first-order chi connectivity index (χ1) is 7.06. The van der Waals surface area contributed by atoms with Gasteiger partial charge in [0.05, 0.1) is 7.11 Å². The molecule has 0 fully saturated rings. The van der Waals surface area contributed by atoms with Gasteiger partial charge >= 0.3 is 5.97 Å². The third-order valence-electron chi connectivity index (χ3n) is 2.21. The number of hydrogen-bond donors (Lipinski definition) is 1. The predicted octanol–water partition coefficient (Wildman–Crippen LogP) is 2.41. The van der Waals surface area contributed by atoms with Gasteiger partial charge in [0.15, 0.2) is 0 Å². The summed E-state index contributed by atoms with van der Waals surface area (Å²) in [7, 11) is 1.58. The maximum atomic E-state index is 10.4. The van der Waals surface area contributed by atoms with Gasteiger partial charge in [-0.2, -0.15) is 0 Å². The van der Waals surface area contributed by atoms with Crippen molar-refractivity contribution in [2.45, 2.75) is 13.8 Å². The third-order valence-corrected chi connectivity index (χ3v) is 2.21. The first-order valence-corrected chi connectivity index (χ1v) is 4.61. The molecule has 0 atom stereocenters. The van der Waals surface area contributed by atoms with Gasteiger partial charge in [-0.15, -0.1) is 0 Å². The summed E-state index contributed by atoms with van der Waals surface area (Å²) in [5, 5.41) is 8.57. The molecule has 0 unspecified atom stereocenters. The summed E-state index contributed by atoms with van der Waals surface area (Å²) >= 11 is 0. The summed E-state index contributed by atoms with van der Waals surface area (Å²) in [4.78, 5) is 10.4. The Hall–Kier alpha value is -1.77. The van der Waals surface area contributed by atoms with E-state index in [0.29, 0.717) is 0 Å². The van der Waals surface area contributed by atoms with E-state index in [9.17, 15) is 4.79 Å². The van der Waals surface area contributed by atoms with E-state index in [1.807, 2.05) is 26.0 Å². The summed E-state index contributed by atoms with van der Waals surface area (Å²) in [6.45, 7) is 3.85. The van der Waals surface area contributed by atoms with Crippen molar-refractivity contribution in [3.05, 3.63) is 34.9 Å². The smallest absolute Gasteiger partial charge is 0.328 e. The van der Waals surface area contributed by atoms with Crippen LogP contribution in [0.25, 0.3) is 6.08 Å². The lowest BCUT2D eigenvalue weighted by molar-refractivity contribution is -0.131. The maximum absolute atomic E-state index is 10.4. The van der Waals surface area contributed by atoms with E-state index in [1.165, 1.54) is 0 Å². The van der Waals surface area contributed by atoms with Gasteiger partial charge in [-0.3, -0.25) is 0 Å². The molecule has 80 valence electrons. The molecule has 1 aromatic rings. The van der Waals surface area contributed by atoms with Gasteiger partial charge in [-0.1, -0.05) is 12.1 Å². The van der Waals surface area contributed by atoms with Crippen molar-refractivity contribution >= 4 is 12.0 Å². The molecule has 0 radical (unpaired) electrons. The quantitative estimate of drug-likeness (QED) is 0.772. The highest BCUT2D eigenvalue weighted by atomic mass is 16.5. The molecule has 0 amide bonds. The number of carboxylic acids is 1. The number of benzene rings is 1. The molecule has 0 aliphatic heterocycles. The monoisotopic (exact) mass is 206 g/mol. The van der Waals surface area contributed by atoms with Crippen molar-refractivity contribution in [2.24, 2.45) is 0 Å². The predicted molar refractivity (Wildman–Crippen MR) is 59.1 cm³/mol. The fraction of sp³-hybridized carbons (Fsp3) is 0.250. The molecule has 3 heteroatoms. The van der Waals surface area contributed by atoms with Crippen LogP contribution in [0, 0.1) is 13.8 Å². The average molecular weight is 206 g/mol. The summed E-state index contributed by atoms with van der Waals surface area (Å²) < 4.78 is 5.25. The van der Waals surface area contributed by atoms with E-state index in [2.05, 4.69) is 0 Å². The molecule has 1 rings (SSSR count). The van der Waals surface area contributed by atoms with E-state index >= 15 is 0 Å². The molecular weight excluding hydrogens is 192 g/mol. The first kappa shape index (κ1) is 11.3. The minimum absolute atomic E-state index is 0.729. The summed E-state index contributed by atoms with van der Waals surface area (Å²) in [6.07, 6.45) is 2.67. The average Bonchev–Trinajstić information content (AvgIpc) is 2.19. The van der Waals surface area contributed by atoms with Crippen LogP contribution >= 0.6 is 0 Å². The van der Waals surface area contributed by atoms with Crippen LogP contribution in [0.5, 0.6) is 5.75 Å². The molecule has 0 heterocycles. The number of methoxy groups -OCH3 is 1. The first-order valence-electron chi connectivity index (χ1n) is 4.61. The van der Waals surface area contributed by atoms with Crippen LogP contribution < -0.4 is 4.74 Å². The minimum Gasteiger partial charge on any atom is -0.496 e. The number of carbonyl (C=O) groups is 1. The van der Waals surface area contributed by atoms with Crippen LogP contribution in [0.15, 0.2) is 18.2 Å². The Labute approximate surface area is 89.0 Å². The highest BCUT2D eigenvalue weighted by Gasteiger charge is 2.06. The standard InChI is InChI=1S/C12H14O3/c1-8-4-5-9(2)12(15-3)10(8)6-7-11(13)14/h4-7H,1-3H3,(H,13,14)/b7-6+. The second-order valence-corrected chi connectivity index (χ2v) is 3.32. The van der Waals surface area contributed by atoms with Crippen LogP contribution in [-0.4, -0.2) is 18.2 Å². The topological polar surface area (TPSA) is 46.5 Å². The van der Waals surface area contributed by atoms with Crippen molar-refractivity contribution in [2.75, 3.05) is 7.11 Å². The maximum Gasteiger partial charge on any atom is 0.328 e. The molecular formula is C12H14O3. The highest BCUT2D eigenvalue weighted by Crippen LogP contribution is 2.27. The Morgan fingerprint density at radius 1 is 1.33 bits per heavy atom. The largest absolute Gasteiger partial charge is 0.496 e. The second kappa shape index (κ2) is 4.64. The lowest BCUT2D eigenvalue weighted by atomic mass is 10.0. The van der Waals surface area contributed by atoms with Crippen molar-refractivity contribution in [1.82, 2.24) is 0 Å². The normalized spacial score (nSPS) is 10.6. The Balaban J connectivity index is 3.25. The fourth-order valence-electron chi connectivity index (χ4n) is 1.44. The van der Waals surface area contributed by atoms with Gasteiger partial charge < -0.3 is 9.84 Å². The van der Waals surface area contributed by atoms with Crippen LogP contribution in [0.3, 0.4) is 0 Å². The highest BCUT2D eigenvalue weighted by molar-refractivity contribution is 5.86. The van der Waals surface area contributed by atoms with Gasteiger partial charge in [0.2, 0.25) is 0 Å². The molecule has 0 bridgehead atoms. The summed E-state index contributed by atoms with van der Waals surface area (Å²) in [5.41, 5.74) is 2.81. The molecule has 0 aliphatic carbocycles. The Bertz CT molecular complexity index is 406. The van der Waals surface area contributed by atoms with Crippen molar-refractivity contribution in [1.29, 1.82) is 0 Å². The van der Waals surface area contributed by atoms with E-state index in [0.717, 1.165) is 28.5 Å². The van der Waals surface area contributed by atoms with E-state index < -0.39 is 5.97 Å². The molecule has 1 aromatic carbocycles. The molecule has 0 aliphatic rings. The van der Waals surface area contributed by atoms with E-state index in [1.54, 1.807) is 13.2 Å². The molecule has 1 N–H and O–H groups in total. The lowest BCUT2D eigenvalue weighted by Gasteiger charge is -2.10. The van der Waals surface area contributed by atoms with Gasteiger partial charge in [-0.05, 0) is 31.1 Å². The van der Waals surface area contributed by atoms with Crippen LogP contribution in [0.4, 0.5) is 0 Å². The van der Waals surface area contributed by atoms with Crippen molar-refractivity contribution < 1.29 is 14.6 Å². The van der Waals surface area contributed by atoms with Crippen LogP contribution in [0.2, 0.25) is 0 Å². The molecule has 3 nitrogen and oxygen atoms in total. The van der Waals surface area contributed by atoms with Crippen LogP contribution in [-0.2, 0) is 4.79 Å². The van der Waals surface area contributed by atoms with Gasteiger partial charge in [0, 0.05) is 11.6 Å². The van der Waals surface area contributed by atoms with Crippen molar-refractivity contribution in [3.8, 4) is 5.75 Å². The van der Waals surface area contributed by atoms with E-state index in [4.69, 9.17) is 9.84 Å². The zero-order valence-corrected chi connectivity index (χ0v) is 9.07. The number of aryl methyl sites for hydroxylation is 2. The summed E-state index contributed by atoms with van der Waals surface area (Å²) in [6, 6.07) is 3.89. The molecule has 0 saturated heterocycles. The van der Waals surface area contributed by atoms with Gasteiger partial charge in [-0.25, -0.2) is 4.79 Å². The van der Waals surface area contributed by atoms with Gasteiger partial charge in [0.1, 0.15) is 5.75 Å². The Morgan fingerprint density at radius 3 is 2.47 bits per heavy atom. The number of ether oxygens (including phenoxy) is 1. The zero-order valence-electron chi connectivity index (χ0n) is 9.07. The lowest BCUT2D eigenvalue weighted by Crippen LogP contribution is -1.94. The Kier molecular flexibility index (Phi) is 3.50. The number of rotatable bonds is 3. The molecule has 0 aromatic heterocycles. The zero-order chi connectivity index (χ0) is 11.4. The number of aliphatic carboxylic acids is 1. The third kappa shape index (κ3) is 2.59. The SMILES string of the molecule is COc1c(C)ccc(C)c1/C=C/C(=O)O. The van der Waals surface area contributed by atoms with Gasteiger partial charge in [0.25, 0.3) is 0 Å². The molecule has 0 spiro atoms. The van der Waals surface area contributed by atoms with Crippen LogP contribution in [0.1, 0.15) is 16.7 Å². The molecule has 15 heavy (non-hydrogen) atoms. The summed E-state index contributed by atoms with van der Waals surface area (Å²) in [5.74, 6) is -0.231. The number of hydrogen-bond acceptors (Lipinski definition) is 2. The second-order valence-electron chi connectivity index (χ2n) is 3.32. The van der Waals surface area contributed by atoms with E-state index in [-0.39, 0.29) is 0 Å². The van der Waals surface area contributed by atoms with Crippen molar-refractivity contribution in [3.63, 3.8) is 0 Å². The molecule has 0 saturated carbocycles. The Morgan fingerprint density at radius 2 is 1.93 bits per heavy atom. The fourth-order valence-corrected chi connectivity index (χ4v) is 1.44. The number of carboxylic acid groups (broad SMARTS) is 1. The minimum atomic E-state index is -0.960.